The first-order chi connectivity index (χ1) is 20.9. The highest BCUT2D eigenvalue weighted by Crippen LogP contribution is 2.59. The number of benzene rings is 2. The zero-order valence-corrected chi connectivity index (χ0v) is 24.9. The molecular formula is C34H39N3O6. The minimum atomic E-state index is -1.44. The van der Waals surface area contributed by atoms with Gasteiger partial charge in [-0.1, -0.05) is 55.5 Å². The van der Waals surface area contributed by atoms with Crippen LogP contribution in [-0.2, 0) is 23.9 Å². The monoisotopic (exact) mass is 585 g/mol. The van der Waals surface area contributed by atoms with Gasteiger partial charge in [0.1, 0.15) is 29.8 Å². The summed E-state index contributed by atoms with van der Waals surface area (Å²) in [6, 6.07) is 15.1. The van der Waals surface area contributed by atoms with Crippen LogP contribution in [0.5, 0.6) is 0 Å². The number of esters is 1. The van der Waals surface area contributed by atoms with E-state index in [-0.39, 0.29) is 19.1 Å². The second kappa shape index (κ2) is 11.3. The van der Waals surface area contributed by atoms with Gasteiger partial charge in [-0.25, -0.2) is 0 Å². The van der Waals surface area contributed by atoms with Gasteiger partial charge < -0.3 is 29.3 Å². The van der Waals surface area contributed by atoms with Gasteiger partial charge in [0.25, 0.3) is 5.91 Å². The van der Waals surface area contributed by atoms with Gasteiger partial charge in [0.05, 0.1) is 18.6 Å². The van der Waals surface area contributed by atoms with Crippen LogP contribution in [0.2, 0.25) is 0 Å². The maximum absolute atomic E-state index is 14.8. The van der Waals surface area contributed by atoms with E-state index in [1.165, 1.54) is 4.90 Å². The van der Waals surface area contributed by atoms with Gasteiger partial charge in [-0.05, 0) is 56.2 Å². The van der Waals surface area contributed by atoms with E-state index in [1.54, 1.807) is 11.0 Å². The van der Waals surface area contributed by atoms with E-state index in [9.17, 15) is 19.5 Å². The summed E-state index contributed by atoms with van der Waals surface area (Å²) in [5.41, 5.74) is -0.108. The summed E-state index contributed by atoms with van der Waals surface area (Å²) >= 11 is 0. The lowest BCUT2D eigenvalue weighted by molar-refractivity contribution is -0.159. The largest absolute Gasteiger partial charge is 0.461 e. The Hall–Kier alpha value is -3.95. The lowest BCUT2D eigenvalue weighted by Crippen LogP contribution is -2.57. The number of carbonyl (C=O) groups excluding carboxylic acids is 3. The van der Waals surface area contributed by atoms with Crippen molar-refractivity contribution in [2.75, 3.05) is 42.6 Å². The molecule has 226 valence electrons. The van der Waals surface area contributed by atoms with E-state index >= 15 is 0 Å². The molecule has 1 N–H and O–H groups in total. The molecule has 2 aromatic rings. The average Bonchev–Trinajstić information content (AvgIpc) is 3.31. The van der Waals surface area contributed by atoms with Crippen molar-refractivity contribution >= 4 is 29.2 Å². The SMILES string of the molecule is CCN(CC)c1ccc(N2CC=C[C@]34O[C@]5(CC)C=CCOC(=O)[C@@H]5[C@H]3C(=O)N([C@H](CO)c3ccccc3)C4C2=O)cc1. The third kappa shape index (κ3) is 4.40. The van der Waals surface area contributed by atoms with Gasteiger partial charge in [-0.15, -0.1) is 0 Å². The van der Waals surface area contributed by atoms with Crippen LogP contribution in [0.3, 0.4) is 0 Å². The molecule has 0 saturated carbocycles. The maximum atomic E-state index is 14.8. The first-order valence-corrected chi connectivity index (χ1v) is 15.2. The van der Waals surface area contributed by atoms with Crippen LogP contribution in [-0.4, -0.2) is 77.9 Å². The molecule has 2 aromatic carbocycles. The van der Waals surface area contributed by atoms with E-state index in [0.717, 1.165) is 18.8 Å². The van der Waals surface area contributed by atoms with E-state index in [2.05, 4.69) is 18.7 Å². The molecule has 2 amide bonds. The Morgan fingerprint density at radius 3 is 2.30 bits per heavy atom. The number of nitrogens with zero attached hydrogens (tertiary/aromatic N) is 3. The van der Waals surface area contributed by atoms with Crippen molar-refractivity contribution in [3.63, 3.8) is 0 Å². The third-order valence-corrected chi connectivity index (χ3v) is 9.62. The highest BCUT2D eigenvalue weighted by molar-refractivity contribution is 6.06. The smallest absolute Gasteiger partial charge is 0.313 e. The highest BCUT2D eigenvalue weighted by Gasteiger charge is 2.76. The molecule has 6 rings (SSSR count). The molecular weight excluding hydrogens is 546 g/mol. The maximum Gasteiger partial charge on any atom is 0.313 e. The molecule has 4 heterocycles. The molecule has 4 aliphatic heterocycles. The normalized spacial score (nSPS) is 30.3. The van der Waals surface area contributed by atoms with E-state index in [4.69, 9.17) is 9.47 Å². The fraction of sp³-hybridized carbons (Fsp3) is 0.441. The molecule has 43 heavy (non-hydrogen) atoms. The van der Waals surface area contributed by atoms with Crippen LogP contribution in [0.4, 0.5) is 11.4 Å². The Bertz CT molecular complexity index is 1440. The summed E-state index contributed by atoms with van der Waals surface area (Å²) in [5, 5.41) is 10.7. The van der Waals surface area contributed by atoms with Gasteiger partial charge in [0.2, 0.25) is 5.91 Å². The number of rotatable bonds is 8. The summed E-state index contributed by atoms with van der Waals surface area (Å²) < 4.78 is 12.5. The lowest BCUT2D eigenvalue weighted by Gasteiger charge is -2.40. The molecule has 1 unspecified atom stereocenters. The number of likely N-dealkylation sites (tertiary alicyclic amines) is 1. The highest BCUT2D eigenvalue weighted by atomic mass is 16.6. The number of fused-ring (bicyclic) bond motifs is 2. The van der Waals surface area contributed by atoms with Crippen molar-refractivity contribution in [3.05, 3.63) is 84.5 Å². The summed E-state index contributed by atoms with van der Waals surface area (Å²) in [4.78, 5) is 48.4. The number of hydrogen-bond acceptors (Lipinski definition) is 7. The number of hydrogen-bond donors (Lipinski definition) is 1. The summed E-state index contributed by atoms with van der Waals surface area (Å²) in [7, 11) is 0. The quantitative estimate of drug-likeness (QED) is 0.373. The number of amides is 2. The number of carbonyl (C=O) groups is 3. The summed E-state index contributed by atoms with van der Waals surface area (Å²) in [6.45, 7) is 7.79. The van der Waals surface area contributed by atoms with Crippen molar-refractivity contribution in [2.24, 2.45) is 11.8 Å². The van der Waals surface area contributed by atoms with Gasteiger partial charge >= 0.3 is 5.97 Å². The van der Waals surface area contributed by atoms with Crippen molar-refractivity contribution < 1.29 is 29.0 Å². The van der Waals surface area contributed by atoms with E-state index in [0.29, 0.717) is 17.7 Å². The molecule has 4 aliphatic rings. The van der Waals surface area contributed by atoms with Gasteiger partial charge in [0.15, 0.2) is 0 Å². The molecule has 2 saturated heterocycles. The van der Waals surface area contributed by atoms with Crippen LogP contribution in [0, 0.1) is 11.8 Å². The third-order valence-electron chi connectivity index (χ3n) is 9.62. The number of aliphatic hydroxyl groups is 1. The lowest BCUT2D eigenvalue weighted by atomic mass is 9.73. The first-order valence-electron chi connectivity index (χ1n) is 15.2. The fourth-order valence-corrected chi connectivity index (χ4v) is 7.56. The molecule has 0 radical (unpaired) electrons. The molecule has 9 heteroatoms. The van der Waals surface area contributed by atoms with Crippen molar-refractivity contribution in [1.29, 1.82) is 0 Å². The predicted octanol–water partition coefficient (Wildman–Crippen LogP) is 3.64. The second-order valence-electron chi connectivity index (χ2n) is 11.5. The van der Waals surface area contributed by atoms with E-state index < -0.39 is 53.6 Å². The number of ether oxygens (including phenoxy) is 2. The van der Waals surface area contributed by atoms with Crippen LogP contribution >= 0.6 is 0 Å². The molecule has 1 spiro atoms. The molecule has 0 bridgehead atoms. The van der Waals surface area contributed by atoms with Crippen LogP contribution in [0.25, 0.3) is 0 Å². The second-order valence-corrected chi connectivity index (χ2v) is 11.5. The topological polar surface area (TPSA) is 99.6 Å². The predicted molar refractivity (Wildman–Crippen MR) is 162 cm³/mol. The Morgan fingerprint density at radius 1 is 0.930 bits per heavy atom. The number of cyclic esters (lactones) is 1. The van der Waals surface area contributed by atoms with Crippen molar-refractivity contribution in [1.82, 2.24) is 4.90 Å². The Kier molecular flexibility index (Phi) is 7.64. The molecule has 0 aliphatic carbocycles. The molecule has 6 atom stereocenters. The summed E-state index contributed by atoms with van der Waals surface area (Å²) in [6.07, 6.45) is 7.68. The fourth-order valence-electron chi connectivity index (χ4n) is 7.56. The van der Waals surface area contributed by atoms with Crippen LogP contribution < -0.4 is 9.80 Å². The summed E-state index contributed by atoms with van der Waals surface area (Å²) in [5.74, 6) is -3.20. The minimum Gasteiger partial charge on any atom is -0.461 e. The number of anilines is 2. The van der Waals surface area contributed by atoms with Gasteiger partial charge in [-0.2, -0.15) is 0 Å². The van der Waals surface area contributed by atoms with E-state index in [1.807, 2.05) is 79.7 Å². The molecule has 2 fully saturated rings. The molecule has 0 aromatic heterocycles. The zero-order valence-electron chi connectivity index (χ0n) is 24.9. The Balaban J connectivity index is 1.49. The Labute approximate surface area is 252 Å². The van der Waals surface area contributed by atoms with Gasteiger partial charge in [-0.3, -0.25) is 14.4 Å². The van der Waals surface area contributed by atoms with Crippen molar-refractivity contribution in [3.8, 4) is 0 Å². The van der Waals surface area contributed by atoms with Crippen molar-refractivity contribution in [2.45, 2.75) is 50.5 Å². The minimum absolute atomic E-state index is 0.0941. The Morgan fingerprint density at radius 2 is 1.65 bits per heavy atom. The first kappa shape index (κ1) is 29.1. The van der Waals surface area contributed by atoms with Gasteiger partial charge in [0, 0.05) is 31.0 Å². The van der Waals surface area contributed by atoms with Crippen LogP contribution in [0.1, 0.15) is 38.8 Å². The zero-order chi connectivity index (χ0) is 30.4. The standard InChI is InChI=1S/C34H39N3O6/c1-4-33-18-11-21-42-32(41)28(33)27-30(39)37(26(22-38)23-12-8-7-9-13-23)29-31(40)36(20-10-19-34(27,29)43-33)25-16-14-24(15-17-25)35(5-2)6-3/h7-19,26-29,38H,4-6,20-22H2,1-3H3/t26-,27+,28+,29?,33-,34+/m1/s1. The number of aliphatic hydroxyl groups excluding tert-OH is 1. The molecule has 9 nitrogen and oxygen atoms in total. The van der Waals surface area contributed by atoms with Crippen LogP contribution in [0.15, 0.2) is 78.9 Å². The average molecular weight is 586 g/mol.